The number of nitrogens with one attached hydrogen (secondary N) is 1. The summed E-state index contributed by atoms with van der Waals surface area (Å²) >= 11 is 6.03. The molecular formula is C15H22Cl2F2N2. The van der Waals surface area contributed by atoms with Crippen LogP contribution in [0.5, 0.6) is 0 Å². The van der Waals surface area contributed by atoms with Crippen LogP contribution in [0, 0.1) is 11.6 Å². The number of halogens is 4. The van der Waals surface area contributed by atoms with Crippen LogP contribution in [-0.4, -0.2) is 31.1 Å². The minimum absolute atomic E-state index is 0. The van der Waals surface area contributed by atoms with E-state index in [2.05, 4.69) is 17.1 Å². The first-order valence-corrected chi connectivity index (χ1v) is 7.61. The number of unbranched alkanes of at least 4 members (excludes halogenated alkanes) is 1. The lowest BCUT2D eigenvalue weighted by Gasteiger charge is -2.36. The lowest BCUT2D eigenvalue weighted by Crippen LogP contribution is -2.45. The van der Waals surface area contributed by atoms with E-state index in [1.54, 1.807) is 0 Å². The van der Waals surface area contributed by atoms with Gasteiger partial charge in [-0.3, -0.25) is 4.90 Å². The quantitative estimate of drug-likeness (QED) is 0.810. The van der Waals surface area contributed by atoms with Gasteiger partial charge in [-0.05, 0) is 18.6 Å². The normalized spacial score (nSPS) is 17.3. The Hall–Kier alpha value is -0.420. The molecule has 1 aromatic rings. The molecule has 0 radical (unpaired) electrons. The third-order valence-electron chi connectivity index (χ3n) is 3.84. The average Bonchev–Trinajstić information content (AvgIpc) is 2.47. The van der Waals surface area contributed by atoms with Crippen LogP contribution in [0.25, 0.3) is 0 Å². The Balaban J connectivity index is 0.00000220. The van der Waals surface area contributed by atoms with Gasteiger partial charge >= 0.3 is 0 Å². The van der Waals surface area contributed by atoms with E-state index in [4.69, 9.17) is 11.6 Å². The van der Waals surface area contributed by atoms with Crippen molar-refractivity contribution in [1.29, 1.82) is 0 Å². The highest BCUT2D eigenvalue weighted by Gasteiger charge is 2.27. The van der Waals surface area contributed by atoms with Crippen molar-refractivity contribution in [2.75, 3.05) is 26.2 Å². The molecule has 1 saturated heterocycles. The molecule has 1 aliphatic heterocycles. The first-order valence-electron chi connectivity index (χ1n) is 7.23. The van der Waals surface area contributed by atoms with E-state index in [1.807, 2.05) is 0 Å². The molecule has 0 amide bonds. The average molecular weight is 339 g/mol. The van der Waals surface area contributed by atoms with Gasteiger partial charge in [0.2, 0.25) is 0 Å². The van der Waals surface area contributed by atoms with Crippen molar-refractivity contribution in [3.63, 3.8) is 0 Å². The van der Waals surface area contributed by atoms with Gasteiger partial charge in [0, 0.05) is 37.8 Å². The predicted octanol–water partition coefficient (Wildman–Crippen LogP) is 4.18. The maximum Gasteiger partial charge on any atom is 0.142 e. The monoisotopic (exact) mass is 338 g/mol. The maximum atomic E-state index is 14.2. The van der Waals surface area contributed by atoms with Gasteiger partial charge in [-0.1, -0.05) is 31.4 Å². The molecule has 1 aliphatic rings. The van der Waals surface area contributed by atoms with Crippen molar-refractivity contribution in [3.8, 4) is 0 Å². The fraction of sp³-hybridized carbons (Fsp3) is 0.600. The zero-order valence-corrected chi connectivity index (χ0v) is 13.7. The molecule has 0 bridgehead atoms. The van der Waals surface area contributed by atoms with Crippen molar-refractivity contribution in [3.05, 3.63) is 34.4 Å². The van der Waals surface area contributed by atoms with E-state index in [-0.39, 0.29) is 23.5 Å². The summed E-state index contributed by atoms with van der Waals surface area (Å²) in [6, 6.07) is 2.13. The van der Waals surface area contributed by atoms with Gasteiger partial charge in [-0.25, -0.2) is 8.78 Å². The zero-order chi connectivity index (χ0) is 14.5. The molecule has 1 heterocycles. The van der Waals surface area contributed by atoms with Crippen molar-refractivity contribution in [2.45, 2.75) is 32.2 Å². The summed E-state index contributed by atoms with van der Waals surface area (Å²) in [5.74, 6) is -0.948. The van der Waals surface area contributed by atoms with Crippen molar-refractivity contribution >= 4 is 24.0 Å². The number of rotatable bonds is 5. The second-order valence-electron chi connectivity index (χ2n) is 5.20. The summed E-state index contributed by atoms with van der Waals surface area (Å²) in [4.78, 5) is 2.20. The molecule has 21 heavy (non-hydrogen) atoms. The van der Waals surface area contributed by atoms with Gasteiger partial charge in [-0.2, -0.15) is 0 Å². The highest BCUT2D eigenvalue weighted by atomic mass is 35.5. The number of hydrogen-bond acceptors (Lipinski definition) is 2. The molecule has 1 atom stereocenters. The molecular weight excluding hydrogens is 317 g/mol. The van der Waals surface area contributed by atoms with Gasteiger partial charge in [0.05, 0.1) is 5.02 Å². The van der Waals surface area contributed by atoms with Gasteiger partial charge in [0.15, 0.2) is 0 Å². The third kappa shape index (κ3) is 4.52. The topological polar surface area (TPSA) is 15.3 Å². The molecule has 0 aliphatic carbocycles. The van der Waals surface area contributed by atoms with Gasteiger partial charge in [0.25, 0.3) is 0 Å². The fourth-order valence-electron chi connectivity index (χ4n) is 2.75. The third-order valence-corrected chi connectivity index (χ3v) is 4.22. The van der Waals surface area contributed by atoms with Crippen LogP contribution >= 0.6 is 24.0 Å². The smallest absolute Gasteiger partial charge is 0.142 e. The van der Waals surface area contributed by atoms with E-state index in [0.717, 1.165) is 51.5 Å². The van der Waals surface area contributed by atoms with Crippen molar-refractivity contribution < 1.29 is 8.78 Å². The van der Waals surface area contributed by atoms with Crippen LogP contribution < -0.4 is 5.32 Å². The summed E-state index contributed by atoms with van der Waals surface area (Å²) in [6.45, 7) is 5.51. The Morgan fingerprint density at radius 1 is 1.24 bits per heavy atom. The highest BCUT2D eigenvalue weighted by molar-refractivity contribution is 6.31. The lowest BCUT2D eigenvalue weighted by atomic mass is 9.98. The summed E-state index contributed by atoms with van der Waals surface area (Å²) in [6.07, 6.45) is 2.80. The number of nitrogens with zero attached hydrogens (tertiary/aromatic N) is 1. The van der Waals surface area contributed by atoms with Crippen LogP contribution in [0.3, 0.4) is 0 Å². The summed E-state index contributed by atoms with van der Waals surface area (Å²) in [5.41, 5.74) is 0.321. The molecule has 0 spiro atoms. The Bertz CT molecular complexity index is 452. The first kappa shape index (κ1) is 18.6. The first-order chi connectivity index (χ1) is 9.65. The van der Waals surface area contributed by atoms with E-state index in [1.165, 1.54) is 6.07 Å². The minimum Gasteiger partial charge on any atom is -0.314 e. The van der Waals surface area contributed by atoms with Crippen LogP contribution in [0.1, 0.15) is 37.8 Å². The Morgan fingerprint density at radius 3 is 2.48 bits per heavy atom. The van der Waals surface area contributed by atoms with E-state index < -0.39 is 11.6 Å². The number of benzene rings is 1. The molecule has 2 nitrogen and oxygen atoms in total. The van der Waals surface area contributed by atoms with Crippen molar-refractivity contribution in [1.82, 2.24) is 10.2 Å². The molecule has 0 saturated carbocycles. The summed E-state index contributed by atoms with van der Waals surface area (Å²) in [7, 11) is 0. The zero-order valence-electron chi connectivity index (χ0n) is 12.2. The van der Waals surface area contributed by atoms with Crippen LogP contribution in [0.2, 0.25) is 5.02 Å². The lowest BCUT2D eigenvalue weighted by molar-refractivity contribution is 0.160. The van der Waals surface area contributed by atoms with Crippen molar-refractivity contribution in [2.24, 2.45) is 0 Å². The van der Waals surface area contributed by atoms with E-state index in [0.29, 0.717) is 5.56 Å². The Labute approximate surface area is 136 Å². The van der Waals surface area contributed by atoms with Crippen LogP contribution in [-0.2, 0) is 0 Å². The second-order valence-corrected chi connectivity index (χ2v) is 5.58. The maximum absolute atomic E-state index is 14.2. The number of hydrogen-bond donors (Lipinski definition) is 1. The van der Waals surface area contributed by atoms with Gasteiger partial charge in [0.1, 0.15) is 11.6 Å². The molecule has 2 rings (SSSR count). The van der Waals surface area contributed by atoms with E-state index >= 15 is 0 Å². The van der Waals surface area contributed by atoms with Gasteiger partial charge in [-0.15, -0.1) is 12.4 Å². The van der Waals surface area contributed by atoms with Gasteiger partial charge < -0.3 is 5.32 Å². The minimum atomic E-state index is -0.542. The largest absolute Gasteiger partial charge is 0.314 e. The van der Waals surface area contributed by atoms with E-state index in [9.17, 15) is 8.78 Å². The number of piperazine rings is 1. The molecule has 1 fully saturated rings. The molecule has 0 aromatic heterocycles. The highest BCUT2D eigenvalue weighted by Crippen LogP contribution is 2.35. The standard InChI is InChI=1S/C15H21ClF2N2.ClH/c1-2-3-4-13(20-9-7-19-8-10-20)14-11(17)5-6-12(18)15(14)16;/h5-6,13,19H,2-4,7-10H2,1H3;1H/t13-;/m1./s1. The summed E-state index contributed by atoms with van der Waals surface area (Å²) < 4.78 is 27.8. The summed E-state index contributed by atoms with van der Waals surface area (Å²) in [5, 5.41) is 3.21. The Morgan fingerprint density at radius 2 is 1.86 bits per heavy atom. The predicted molar refractivity (Wildman–Crippen MR) is 85.3 cm³/mol. The fourth-order valence-corrected chi connectivity index (χ4v) is 3.03. The molecule has 0 unspecified atom stereocenters. The Kier molecular flexibility index (Phi) is 7.88. The second kappa shape index (κ2) is 8.89. The van der Waals surface area contributed by atoms with Crippen LogP contribution in [0.4, 0.5) is 8.78 Å². The molecule has 6 heteroatoms. The van der Waals surface area contributed by atoms with Crippen LogP contribution in [0.15, 0.2) is 12.1 Å². The molecule has 120 valence electrons. The molecule has 1 aromatic carbocycles. The SMILES string of the molecule is CCCC[C@H](c1c(F)ccc(F)c1Cl)N1CCNCC1.Cl. The molecule has 1 N–H and O–H groups in total.